The van der Waals surface area contributed by atoms with Gasteiger partial charge in [0.1, 0.15) is 0 Å². The molecule has 0 radical (unpaired) electrons. The summed E-state index contributed by atoms with van der Waals surface area (Å²) < 4.78 is 0. The molecule has 0 aromatic rings. The highest BCUT2D eigenvalue weighted by Crippen LogP contribution is 2.44. The monoisotopic (exact) mass is 199 g/mol. The Bertz CT molecular complexity index is 173. The van der Waals surface area contributed by atoms with Crippen LogP contribution in [0.4, 0.5) is 0 Å². The third kappa shape index (κ3) is 1.89. The van der Waals surface area contributed by atoms with Gasteiger partial charge in [-0.15, -0.1) is 11.8 Å². The molecular weight excluding hydrogens is 178 g/mol. The summed E-state index contributed by atoms with van der Waals surface area (Å²) in [4.78, 5) is 0.463. The Balaban J connectivity index is 2.01. The molecule has 0 amide bonds. The van der Waals surface area contributed by atoms with E-state index < -0.39 is 0 Å². The number of hydrogen-bond acceptors (Lipinski definition) is 2. The summed E-state index contributed by atoms with van der Waals surface area (Å²) in [6, 6.07) is 0. The summed E-state index contributed by atoms with van der Waals surface area (Å²) in [5.74, 6) is 3.10. The molecule has 1 N–H and O–H groups in total. The van der Waals surface area contributed by atoms with Crippen molar-refractivity contribution in [1.29, 1.82) is 0 Å². The molecule has 1 heterocycles. The van der Waals surface area contributed by atoms with Crippen LogP contribution in [-0.4, -0.2) is 17.2 Å². The lowest BCUT2D eigenvalue weighted by Gasteiger charge is -2.47. The SMILES string of the molecule is CC1CNC2(CCCCC2C)SC1. The Hall–Kier alpha value is 0.310. The van der Waals surface area contributed by atoms with Crippen LogP contribution in [0.5, 0.6) is 0 Å². The van der Waals surface area contributed by atoms with Crippen LogP contribution in [0.1, 0.15) is 39.5 Å². The van der Waals surface area contributed by atoms with E-state index in [1.807, 2.05) is 0 Å². The zero-order valence-corrected chi connectivity index (χ0v) is 9.62. The number of nitrogens with one attached hydrogen (secondary N) is 1. The van der Waals surface area contributed by atoms with Crippen molar-refractivity contribution < 1.29 is 0 Å². The highest BCUT2D eigenvalue weighted by molar-refractivity contribution is 8.00. The summed E-state index contributed by atoms with van der Waals surface area (Å²) in [5.41, 5.74) is 0. The maximum atomic E-state index is 3.80. The summed E-state index contributed by atoms with van der Waals surface area (Å²) in [6.07, 6.45) is 5.69. The highest BCUT2D eigenvalue weighted by atomic mass is 32.2. The van der Waals surface area contributed by atoms with E-state index in [0.29, 0.717) is 4.87 Å². The molecule has 1 aliphatic carbocycles. The summed E-state index contributed by atoms with van der Waals surface area (Å²) in [7, 11) is 0. The first-order valence-electron chi connectivity index (χ1n) is 5.62. The third-order valence-corrected chi connectivity index (χ3v) is 5.61. The predicted molar refractivity (Wildman–Crippen MR) is 60.0 cm³/mol. The molecule has 2 fully saturated rings. The topological polar surface area (TPSA) is 12.0 Å². The van der Waals surface area contributed by atoms with Gasteiger partial charge >= 0.3 is 0 Å². The van der Waals surface area contributed by atoms with Crippen LogP contribution >= 0.6 is 11.8 Å². The number of rotatable bonds is 0. The van der Waals surface area contributed by atoms with Gasteiger partial charge in [-0.3, -0.25) is 0 Å². The quantitative estimate of drug-likeness (QED) is 0.644. The van der Waals surface area contributed by atoms with Gasteiger partial charge in [-0.1, -0.05) is 26.7 Å². The largest absolute Gasteiger partial charge is 0.302 e. The molecule has 0 bridgehead atoms. The maximum Gasteiger partial charge on any atom is 0.0671 e. The minimum atomic E-state index is 0.463. The second-order valence-electron chi connectivity index (χ2n) is 4.83. The first kappa shape index (κ1) is 9.85. The van der Waals surface area contributed by atoms with Gasteiger partial charge < -0.3 is 5.32 Å². The van der Waals surface area contributed by atoms with Gasteiger partial charge in [0, 0.05) is 0 Å². The standard InChI is InChI=1S/C11H21NS/c1-9-7-12-11(13-8-9)6-4-3-5-10(11)2/h9-10,12H,3-8H2,1-2H3. The lowest BCUT2D eigenvalue weighted by Crippen LogP contribution is -2.54. The molecule has 2 heteroatoms. The lowest BCUT2D eigenvalue weighted by molar-refractivity contribution is 0.233. The van der Waals surface area contributed by atoms with Crippen molar-refractivity contribution in [3.05, 3.63) is 0 Å². The molecule has 1 saturated carbocycles. The molecule has 1 aliphatic heterocycles. The van der Waals surface area contributed by atoms with E-state index >= 15 is 0 Å². The Morgan fingerprint density at radius 3 is 2.77 bits per heavy atom. The van der Waals surface area contributed by atoms with Crippen molar-refractivity contribution in [2.45, 2.75) is 44.4 Å². The summed E-state index contributed by atoms with van der Waals surface area (Å²) >= 11 is 2.19. The molecule has 1 nitrogen and oxygen atoms in total. The summed E-state index contributed by atoms with van der Waals surface area (Å²) in [6.45, 7) is 6.01. The van der Waals surface area contributed by atoms with Crippen molar-refractivity contribution >= 4 is 11.8 Å². The van der Waals surface area contributed by atoms with Crippen LogP contribution < -0.4 is 5.32 Å². The molecule has 3 unspecified atom stereocenters. The Morgan fingerprint density at radius 2 is 2.15 bits per heavy atom. The second kappa shape index (κ2) is 3.82. The van der Waals surface area contributed by atoms with Crippen molar-refractivity contribution in [1.82, 2.24) is 5.32 Å². The Kier molecular flexibility index (Phi) is 2.89. The van der Waals surface area contributed by atoms with Gasteiger partial charge in [-0.05, 0) is 37.0 Å². The molecule has 76 valence electrons. The second-order valence-corrected chi connectivity index (χ2v) is 6.18. The zero-order chi connectivity index (χ0) is 9.31. The van der Waals surface area contributed by atoms with E-state index in [1.165, 1.54) is 38.0 Å². The van der Waals surface area contributed by atoms with Crippen LogP contribution in [0.25, 0.3) is 0 Å². The number of hydrogen-bond donors (Lipinski definition) is 1. The minimum absolute atomic E-state index is 0.463. The van der Waals surface area contributed by atoms with Crippen LogP contribution in [-0.2, 0) is 0 Å². The minimum Gasteiger partial charge on any atom is -0.302 e. The van der Waals surface area contributed by atoms with E-state index in [9.17, 15) is 0 Å². The first-order chi connectivity index (χ1) is 6.23. The van der Waals surface area contributed by atoms with Crippen molar-refractivity contribution in [3.63, 3.8) is 0 Å². The molecule has 1 saturated heterocycles. The molecule has 1 spiro atoms. The zero-order valence-electron chi connectivity index (χ0n) is 8.81. The van der Waals surface area contributed by atoms with Crippen LogP contribution in [0.2, 0.25) is 0 Å². The average molecular weight is 199 g/mol. The molecule has 2 aliphatic rings. The van der Waals surface area contributed by atoms with Gasteiger partial charge in [0.15, 0.2) is 0 Å². The normalized spacial score (nSPS) is 46.6. The van der Waals surface area contributed by atoms with Crippen LogP contribution in [0.3, 0.4) is 0 Å². The van der Waals surface area contributed by atoms with Gasteiger partial charge in [-0.2, -0.15) is 0 Å². The predicted octanol–water partition coefficient (Wildman–Crippen LogP) is 2.87. The van der Waals surface area contributed by atoms with E-state index in [-0.39, 0.29) is 0 Å². The lowest BCUT2D eigenvalue weighted by atomic mass is 9.84. The maximum absolute atomic E-state index is 3.80. The van der Waals surface area contributed by atoms with E-state index in [2.05, 4.69) is 30.9 Å². The van der Waals surface area contributed by atoms with Gasteiger partial charge in [0.25, 0.3) is 0 Å². The Morgan fingerprint density at radius 1 is 1.31 bits per heavy atom. The smallest absolute Gasteiger partial charge is 0.0671 e. The van der Waals surface area contributed by atoms with Crippen molar-refractivity contribution in [3.8, 4) is 0 Å². The molecular formula is C11H21NS. The summed E-state index contributed by atoms with van der Waals surface area (Å²) in [5, 5.41) is 3.80. The average Bonchev–Trinajstić information content (AvgIpc) is 2.15. The molecule has 2 rings (SSSR count). The van der Waals surface area contributed by atoms with Crippen molar-refractivity contribution in [2.75, 3.05) is 12.3 Å². The molecule has 0 aromatic carbocycles. The van der Waals surface area contributed by atoms with Gasteiger partial charge in [-0.25, -0.2) is 0 Å². The van der Waals surface area contributed by atoms with Crippen LogP contribution in [0.15, 0.2) is 0 Å². The Labute approximate surface area is 86.0 Å². The fourth-order valence-corrected chi connectivity index (χ4v) is 4.12. The van der Waals surface area contributed by atoms with Crippen LogP contribution in [0, 0.1) is 11.8 Å². The van der Waals surface area contributed by atoms with E-state index in [0.717, 1.165) is 11.8 Å². The van der Waals surface area contributed by atoms with Gasteiger partial charge in [0.05, 0.1) is 4.87 Å². The highest BCUT2D eigenvalue weighted by Gasteiger charge is 2.40. The van der Waals surface area contributed by atoms with E-state index in [1.54, 1.807) is 0 Å². The fraction of sp³-hybridized carbons (Fsp3) is 1.00. The first-order valence-corrected chi connectivity index (χ1v) is 6.60. The fourth-order valence-electron chi connectivity index (χ4n) is 2.54. The van der Waals surface area contributed by atoms with Crippen molar-refractivity contribution in [2.24, 2.45) is 11.8 Å². The molecule has 0 aromatic heterocycles. The third-order valence-electron chi connectivity index (χ3n) is 3.61. The van der Waals surface area contributed by atoms with Gasteiger partial charge in [0.2, 0.25) is 0 Å². The molecule has 13 heavy (non-hydrogen) atoms. The molecule has 3 atom stereocenters. The number of thioether (sulfide) groups is 1. The van der Waals surface area contributed by atoms with E-state index in [4.69, 9.17) is 0 Å².